The Morgan fingerprint density at radius 2 is 2.33 bits per heavy atom. The summed E-state index contributed by atoms with van der Waals surface area (Å²) in [5.74, 6) is 0. The summed E-state index contributed by atoms with van der Waals surface area (Å²) in [7, 11) is 0. The van der Waals surface area contributed by atoms with Crippen LogP contribution < -0.4 is 5.73 Å². The maximum Gasteiger partial charge on any atom is 0.0589 e. The number of aromatic nitrogens is 1. The Hall–Kier alpha value is -0.640. The highest BCUT2D eigenvalue weighted by molar-refractivity contribution is 6.30. The molecule has 12 heavy (non-hydrogen) atoms. The molecular weight excluding hydrogens is 176 g/mol. The number of aliphatic hydroxyl groups excluding tert-OH is 1. The highest BCUT2D eigenvalue weighted by Crippen LogP contribution is 2.13. The lowest BCUT2D eigenvalue weighted by Gasteiger charge is -2.08. The van der Waals surface area contributed by atoms with E-state index in [-0.39, 0.29) is 12.6 Å². The molecule has 1 aromatic heterocycles. The number of nitrogens with two attached hydrogens (primary N) is 1. The van der Waals surface area contributed by atoms with Crippen LogP contribution in [0.4, 0.5) is 0 Å². The predicted octanol–water partition coefficient (Wildman–Crippen LogP) is 1.12. The molecule has 0 aliphatic carbocycles. The van der Waals surface area contributed by atoms with Crippen LogP contribution >= 0.6 is 11.6 Å². The van der Waals surface area contributed by atoms with Crippen molar-refractivity contribution in [2.24, 2.45) is 5.73 Å². The molecule has 1 aromatic rings. The Labute approximate surface area is 76.2 Å². The molecule has 1 heterocycles. The molecule has 0 amide bonds. The first-order valence-electron chi connectivity index (χ1n) is 3.72. The van der Waals surface area contributed by atoms with Gasteiger partial charge in [0, 0.05) is 18.8 Å². The van der Waals surface area contributed by atoms with E-state index in [1.807, 2.05) is 0 Å². The normalized spacial score (nSPS) is 12.9. The molecule has 0 fully saturated rings. The van der Waals surface area contributed by atoms with Crippen LogP contribution in [0, 0.1) is 0 Å². The zero-order valence-corrected chi connectivity index (χ0v) is 7.33. The first-order chi connectivity index (χ1) is 5.74. The summed E-state index contributed by atoms with van der Waals surface area (Å²) in [5, 5.41) is 9.21. The van der Waals surface area contributed by atoms with Gasteiger partial charge in [0.1, 0.15) is 0 Å². The number of aliphatic hydroxyl groups is 1. The molecule has 0 unspecified atom stereocenters. The maximum absolute atomic E-state index is 8.62. The highest BCUT2D eigenvalue weighted by Gasteiger charge is 2.05. The van der Waals surface area contributed by atoms with Gasteiger partial charge in [-0.2, -0.15) is 0 Å². The zero-order chi connectivity index (χ0) is 8.97. The Balaban J connectivity index is 2.68. The van der Waals surface area contributed by atoms with E-state index in [2.05, 4.69) is 4.98 Å². The molecule has 0 radical (unpaired) electrons. The minimum atomic E-state index is -0.202. The van der Waals surface area contributed by atoms with Crippen molar-refractivity contribution in [1.82, 2.24) is 4.98 Å². The van der Waals surface area contributed by atoms with Gasteiger partial charge in [-0.25, -0.2) is 0 Å². The second-order valence-electron chi connectivity index (χ2n) is 2.52. The minimum absolute atomic E-state index is 0.0749. The predicted molar refractivity (Wildman–Crippen MR) is 47.9 cm³/mol. The SMILES string of the molecule is N[C@@H](CCO)c1ccc(Cl)cn1. The first kappa shape index (κ1) is 9.45. The summed E-state index contributed by atoms with van der Waals surface area (Å²) in [6.07, 6.45) is 2.07. The van der Waals surface area contributed by atoms with Crippen LogP contribution in [0.25, 0.3) is 0 Å². The summed E-state index contributed by atoms with van der Waals surface area (Å²) < 4.78 is 0. The van der Waals surface area contributed by atoms with E-state index < -0.39 is 0 Å². The molecule has 66 valence electrons. The number of hydrogen-bond acceptors (Lipinski definition) is 3. The second-order valence-corrected chi connectivity index (χ2v) is 2.96. The fourth-order valence-electron chi connectivity index (χ4n) is 0.894. The molecule has 0 saturated carbocycles. The second kappa shape index (κ2) is 4.40. The van der Waals surface area contributed by atoms with E-state index in [0.29, 0.717) is 11.4 Å². The van der Waals surface area contributed by atoms with Crippen LogP contribution in [0.3, 0.4) is 0 Å². The third-order valence-corrected chi connectivity index (χ3v) is 1.79. The third-order valence-electron chi connectivity index (χ3n) is 1.57. The Kier molecular flexibility index (Phi) is 3.47. The van der Waals surface area contributed by atoms with Gasteiger partial charge in [-0.3, -0.25) is 4.98 Å². The van der Waals surface area contributed by atoms with Crippen molar-refractivity contribution in [2.75, 3.05) is 6.61 Å². The Morgan fingerprint density at radius 3 is 2.83 bits per heavy atom. The highest BCUT2D eigenvalue weighted by atomic mass is 35.5. The van der Waals surface area contributed by atoms with Crippen molar-refractivity contribution >= 4 is 11.6 Å². The molecule has 0 aliphatic heterocycles. The van der Waals surface area contributed by atoms with Gasteiger partial charge in [-0.05, 0) is 18.6 Å². The zero-order valence-electron chi connectivity index (χ0n) is 6.57. The van der Waals surface area contributed by atoms with E-state index in [9.17, 15) is 0 Å². The molecule has 3 N–H and O–H groups in total. The molecule has 3 nitrogen and oxygen atoms in total. The molecule has 0 aromatic carbocycles. The van der Waals surface area contributed by atoms with Crippen LogP contribution in [0.1, 0.15) is 18.2 Å². The molecule has 4 heteroatoms. The van der Waals surface area contributed by atoms with Gasteiger partial charge >= 0.3 is 0 Å². The van der Waals surface area contributed by atoms with Crippen LogP contribution in [0.5, 0.6) is 0 Å². The molecule has 1 atom stereocenters. The molecular formula is C8H11ClN2O. The smallest absolute Gasteiger partial charge is 0.0589 e. The van der Waals surface area contributed by atoms with E-state index >= 15 is 0 Å². The summed E-state index contributed by atoms with van der Waals surface area (Å²) >= 11 is 5.64. The average Bonchev–Trinajstić information content (AvgIpc) is 2.06. The van der Waals surface area contributed by atoms with Crippen LogP contribution in [0.2, 0.25) is 5.02 Å². The molecule has 0 aliphatic rings. The number of rotatable bonds is 3. The van der Waals surface area contributed by atoms with Gasteiger partial charge in [0.05, 0.1) is 10.7 Å². The third kappa shape index (κ3) is 2.44. The van der Waals surface area contributed by atoms with Crippen molar-refractivity contribution in [3.8, 4) is 0 Å². The van der Waals surface area contributed by atoms with Gasteiger partial charge in [0.25, 0.3) is 0 Å². The summed E-state index contributed by atoms with van der Waals surface area (Å²) in [6, 6.07) is 3.30. The minimum Gasteiger partial charge on any atom is -0.396 e. The summed E-state index contributed by atoms with van der Waals surface area (Å²) in [4.78, 5) is 4.03. The topological polar surface area (TPSA) is 59.1 Å². The summed E-state index contributed by atoms with van der Waals surface area (Å²) in [5.41, 5.74) is 6.45. The van der Waals surface area contributed by atoms with Crippen LogP contribution in [-0.4, -0.2) is 16.7 Å². The fraction of sp³-hybridized carbons (Fsp3) is 0.375. The monoisotopic (exact) mass is 186 g/mol. The molecule has 1 rings (SSSR count). The number of nitrogens with zero attached hydrogens (tertiary/aromatic N) is 1. The first-order valence-corrected chi connectivity index (χ1v) is 4.09. The number of hydrogen-bond donors (Lipinski definition) is 2. The quantitative estimate of drug-likeness (QED) is 0.744. The van der Waals surface area contributed by atoms with Gasteiger partial charge in [-0.1, -0.05) is 11.6 Å². The number of pyridine rings is 1. The molecule has 0 spiro atoms. The van der Waals surface area contributed by atoms with E-state index in [0.717, 1.165) is 5.69 Å². The van der Waals surface area contributed by atoms with E-state index in [1.165, 1.54) is 0 Å². The van der Waals surface area contributed by atoms with Crippen molar-refractivity contribution < 1.29 is 5.11 Å². The molecule has 0 saturated heterocycles. The number of halogens is 1. The Morgan fingerprint density at radius 1 is 1.58 bits per heavy atom. The van der Waals surface area contributed by atoms with Gasteiger partial charge in [0.2, 0.25) is 0 Å². The molecule has 0 bridgehead atoms. The summed E-state index contributed by atoms with van der Waals surface area (Å²) in [6.45, 7) is 0.0749. The maximum atomic E-state index is 8.62. The van der Waals surface area contributed by atoms with E-state index in [1.54, 1.807) is 18.3 Å². The van der Waals surface area contributed by atoms with Crippen LogP contribution in [0.15, 0.2) is 18.3 Å². The van der Waals surface area contributed by atoms with Crippen molar-refractivity contribution in [3.63, 3.8) is 0 Å². The lowest BCUT2D eigenvalue weighted by molar-refractivity contribution is 0.275. The fourth-order valence-corrected chi connectivity index (χ4v) is 1.01. The van der Waals surface area contributed by atoms with Gasteiger partial charge in [0.15, 0.2) is 0 Å². The van der Waals surface area contributed by atoms with Crippen molar-refractivity contribution in [1.29, 1.82) is 0 Å². The van der Waals surface area contributed by atoms with Crippen molar-refractivity contribution in [2.45, 2.75) is 12.5 Å². The van der Waals surface area contributed by atoms with Gasteiger partial charge < -0.3 is 10.8 Å². The van der Waals surface area contributed by atoms with E-state index in [4.69, 9.17) is 22.4 Å². The van der Waals surface area contributed by atoms with Gasteiger partial charge in [-0.15, -0.1) is 0 Å². The van der Waals surface area contributed by atoms with Crippen molar-refractivity contribution in [3.05, 3.63) is 29.0 Å². The largest absolute Gasteiger partial charge is 0.396 e. The lowest BCUT2D eigenvalue weighted by Crippen LogP contribution is -2.13. The Bertz CT molecular complexity index is 237. The average molecular weight is 187 g/mol. The van der Waals surface area contributed by atoms with Crippen LogP contribution in [-0.2, 0) is 0 Å². The lowest BCUT2D eigenvalue weighted by atomic mass is 10.1. The standard InChI is InChI=1S/C8H11ClN2O/c9-6-1-2-8(11-5-6)7(10)3-4-12/h1-2,5,7,12H,3-4,10H2/t7-/m0/s1.